The Morgan fingerprint density at radius 2 is 2.10 bits per heavy atom. The highest BCUT2D eigenvalue weighted by Crippen LogP contribution is 2.58. The van der Waals surface area contributed by atoms with Gasteiger partial charge in [-0.3, -0.25) is 4.79 Å². The van der Waals surface area contributed by atoms with Gasteiger partial charge in [-0.2, -0.15) is 0 Å². The third kappa shape index (κ3) is 2.35. The first-order chi connectivity index (χ1) is 9.84. The number of ether oxygens (including phenoxy) is 3. The number of hydrogen-bond donors (Lipinski definition) is 3. The number of primary amides is 1. The van der Waals surface area contributed by atoms with Crippen molar-refractivity contribution >= 4 is 18.9 Å². The number of aliphatic hydroxyl groups excluding tert-OH is 1. The summed E-state index contributed by atoms with van der Waals surface area (Å²) in [6, 6.07) is 1.63. The molecule has 8 heteroatoms. The van der Waals surface area contributed by atoms with E-state index in [2.05, 4.69) is 0 Å². The van der Waals surface area contributed by atoms with Crippen LogP contribution in [0.1, 0.15) is 30.1 Å². The van der Waals surface area contributed by atoms with Crippen LogP contribution in [-0.4, -0.2) is 41.7 Å². The van der Waals surface area contributed by atoms with E-state index in [4.69, 9.17) is 25.7 Å². The van der Waals surface area contributed by atoms with Gasteiger partial charge >= 0.3 is 0 Å². The molecule has 21 heavy (non-hydrogen) atoms. The molecule has 1 aromatic heterocycles. The van der Waals surface area contributed by atoms with E-state index in [0.717, 1.165) is 0 Å². The minimum Gasteiger partial charge on any atom is -0.395 e. The van der Waals surface area contributed by atoms with Crippen LogP contribution in [0, 0.1) is 0 Å². The van der Waals surface area contributed by atoms with E-state index in [1.54, 1.807) is 6.07 Å². The van der Waals surface area contributed by atoms with Gasteiger partial charge in [0.15, 0.2) is 5.79 Å². The summed E-state index contributed by atoms with van der Waals surface area (Å²) in [5.41, 5.74) is 12.1. The topological polar surface area (TPSA) is 117 Å². The number of rotatable bonds is 3. The second kappa shape index (κ2) is 4.97. The summed E-state index contributed by atoms with van der Waals surface area (Å²) < 4.78 is 17.6. The molecule has 0 aromatic carbocycles. The van der Waals surface area contributed by atoms with E-state index >= 15 is 0 Å². The molecule has 0 spiro atoms. The zero-order chi connectivity index (χ0) is 15.4. The molecule has 2 saturated heterocycles. The average molecular weight is 314 g/mol. The predicted molar refractivity (Wildman–Crippen MR) is 76.9 cm³/mol. The number of hydrogen-bond acceptors (Lipinski definition) is 6. The lowest BCUT2D eigenvalue weighted by Gasteiger charge is -2.23. The number of aliphatic hydroxyl groups is 1. The highest BCUT2D eigenvalue weighted by molar-refractivity contribution is 7.53. The minimum absolute atomic E-state index is 0.156. The van der Waals surface area contributed by atoms with Crippen molar-refractivity contribution in [3.05, 3.63) is 17.4 Å². The number of nitrogen functional groups attached to an aromatic ring is 1. The SMILES string of the molecule is CC1(C)OC2C(CO)OC(p3ccc(C(N)=O)c3N)C2O1. The van der Waals surface area contributed by atoms with Crippen LogP contribution in [0.15, 0.2) is 11.9 Å². The zero-order valence-corrected chi connectivity index (χ0v) is 12.7. The Morgan fingerprint density at radius 3 is 2.67 bits per heavy atom. The summed E-state index contributed by atoms with van der Waals surface area (Å²) in [5.74, 6) is 0.220. The molecular formula is C13H19N2O5P. The first kappa shape index (κ1) is 14.8. The van der Waals surface area contributed by atoms with Crippen molar-refractivity contribution in [2.45, 2.75) is 43.8 Å². The average Bonchev–Trinajstić information content (AvgIpc) is 3.00. The monoisotopic (exact) mass is 314 g/mol. The van der Waals surface area contributed by atoms with Crippen LogP contribution in [0.4, 0.5) is 5.42 Å². The highest BCUT2D eigenvalue weighted by atomic mass is 31.1. The Hall–Kier alpha value is -1.11. The highest BCUT2D eigenvalue weighted by Gasteiger charge is 2.55. The second-order valence-electron chi connectivity index (χ2n) is 5.70. The predicted octanol–water partition coefficient (Wildman–Crippen LogP) is 0.764. The number of anilines is 1. The molecule has 3 rings (SSSR count). The van der Waals surface area contributed by atoms with E-state index in [1.165, 1.54) is 0 Å². The fourth-order valence-electron chi connectivity index (χ4n) is 2.92. The lowest BCUT2D eigenvalue weighted by atomic mass is 10.2. The molecule has 0 aliphatic carbocycles. The number of amides is 1. The number of nitrogens with two attached hydrogens (primary N) is 2. The quantitative estimate of drug-likeness (QED) is 0.758. The molecule has 3 heterocycles. The van der Waals surface area contributed by atoms with Gasteiger partial charge in [-0.15, -0.1) is 0 Å². The molecule has 2 fully saturated rings. The first-order valence-electron chi connectivity index (χ1n) is 6.72. The van der Waals surface area contributed by atoms with Gasteiger partial charge in [0.05, 0.1) is 17.6 Å². The van der Waals surface area contributed by atoms with Gasteiger partial charge in [0, 0.05) is 0 Å². The molecule has 1 aromatic rings. The molecule has 5 atom stereocenters. The standard InChI is InChI=1S/C13H19N2O5P/c1-13(2)19-8-7(5-16)18-12(9(8)20-13)21-4-3-6(10(14)17)11(21)15/h3-4,7-9,12,16H,5,15H2,1-2H3,(H2,14,17). The molecule has 5 unspecified atom stereocenters. The lowest BCUT2D eigenvalue weighted by molar-refractivity contribution is -0.185. The molecule has 2 aliphatic heterocycles. The summed E-state index contributed by atoms with van der Waals surface area (Å²) >= 11 is 0. The molecular weight excluding hydrogens is 295 g/mol. The van der Waals surface area contributed by atoms with Gasteiger partial charge in [-0.05, 0) is 25.7 Å². The van der Waals surface area contributed by atoms with Crippen LogP contribution >= 0.6 is 7.53 Å². The lowest BCUT2D eigenvalue weighted by Crippen LogP contribution is -2.31. The summed E-state index contributed by atoms with van der Waals surface area (Å²) in [6.45, 7) is 3.49. The third-order valence-electron chi connectivity index (χ3n) is 3.80. The van der Waals surface area contributed by atoms with Crippen molar-refractivity contribution in [1.29, 1.82) is 0 Å². The summed E-state index contributed by atoms with van der Waals surface area (Å²) in [5, 5.41) is 9.46. The van der Waals surface area contributed by atoms with E-state index < -0.39 is 25.3 Å². The maximum atomic E-state index is 11.3. The van der Waals surface area contributed by atoms with E-state index in [1.807, 2.05) is 19.6 Å². The van der Waals surface area contributed by atoms with Gasteiger partial charge in [-0.25, -0.2) is 0 Å². The Morgan fingerprint density at radius 1 is 1.43 bits per heavy atom. The molecule has 116 valence electrons. The van der Waals surface area contributed by atoms with Gasteiger partial charge in [-0.1, -0.05) is 7.53 Å². The van der Waals surface area contributed by atoms with Crippen molar-refractivity contribution in [3.8, 4) is 0 Å². The van der Waals surface area contributed by atoms with Gasteiger partial charge < -0.3 is 30.8 Å². The van der Waals surface area contributed by atoms with Crippen molar-refractivity contribution in [3.63, 3.8) is 0 Å². The first-order valence-corrected chi connectivity index (χ1v) is 8.20. The third-order valence-corrected chi connectivity index (χ3v) is 6.03. The van der Waals surface area contributed by atoms with Crippen LogP contribution in [0.3, 0.4) is 0 Å². The number of fused-ring (bicyclic) bond motifs is 1. The Bertz CT molecular complexity index is 573. The zero-order valence-electron chi connectivity index (χ0n) is 11.9. The number of carbonyl (C=O) groups excluding carboxylic acids is 1. The van der Waals surface area contributed by atoms with E-state index in [-0.39, 0.29) is 24.7 Å². The van der Waals surface area contributed by atoms with Crippen molar-refractivity contribution in [1.82, 2.24) is 0 Å². The maximum absolute atomic E-state index is 11.3. The molecule has 0 bridgehead atoms. The van der Waals surface area contributed by atoms with Crippen LogP contribution in [0.25, 0.3) is 0 Å². The Kier molecular flexibility index (Phi) is 3.50. The molecule has 7 nitrogen and oxygen atoms in total. The van der Waals surface area contributed by atoms with Crippen molar-refractivity contribution in [2.24, 2.45) is 5.73 Å². The fourth-order valence-corrected chi connectivity index (χ4v) is 5.13. The van der Waals surface area contributed by atoms with Crippen LogP contribution in [-0.2, 0) is 14.2 Å². The van der Waals surface area contributed by atoms with Gasteiger partial charge in [0.1, 0.15) is 24.2 Å². The Labute approximate surface area is 123 Å². The van der Waals surface area contributed by atoms with Gasteiger partial charge in [0.2, 0.25) is 0 Å². The second-order valence-corrected chi connectivity index (χ2v) is 7.80. The van der Waals surface area contributed by atoms with E-state index in [0.29, 0.717) is 11.0 Å². The maximum Gasteiger partial charge on any atom is 0.251 e. The van der Waals surface area contributed by atoms with Crippen LogP contribution in [0.2, 0.25) is 0 Å². The molecule has 0 radical (unpaired) electrons. The summed E-state index contributed by atoms with van der Waals surface area (Å²) in [7, 11) is -1.05. The molecule has 1 amide bonds. The van der Waals surface area contributed by atoms with Crippen LogP contribution < -0.4 is 11.5 Å². The summed E-state index contributed by atoms with van der Waals surface area (Å²) in [6.07, 6.45) is -1.11. The van der Waals surface area contributed by atoms with E-state index in [9.17, 15) is 9.90 Å². The van der Waals surface area contributed by atoms with Crippen molar-refractivity contribution in [2.75, 3.05) is 12.3 Å². The number of carbonyl (C=O) groups is 1. The molecule has 0 saturated carbocycles. The Balaban J connectivity index is 1.94. The normalized spacial score (nSPS) is 34.9. The molecule has 5 N–H and O–H groups in total. The van der Waals surface area contributed by atoms with Gasteiger partial charge in [0.25, 0.3) is 5.91 Å². The smallest absolute Gasteiger partial charge is 0.251 e. The largest absolute Gasteiger partial charge is 0.395 e. The fraction of sp³-hybridized carbons (Fsp3) is 0.615. The summed E-state index contributed by atoms with van der Waals surface area (Å²) in [4.78, 5) is 11.3. The van der Waals surface area contributed by atoms with Crippen molar-refractivity contribution < 1.29 is 24.1 Å². The van der Waals surface area contributed by atoms with Crippen LogP contribution in [0.5, 0.6) is 0 Å². The minimum atomic E-state index is -1.05. The molecule has 2 aliphatic rings.